The molecule has 0 spiro atoms. The summed E-state index contributed by atoms with van der Waals surface area (Å²) in [6.07, 6.45) is 0. The van der Waals surface area contributed by atoms with Crippen LogP contribution < -0.4 is 0 Å². The lowest BCUT2D eigenvalue weighted by molar-refractivity contribution is -0.138. The number of imide groups is 1. The Morgan fingerprint density at radius 3 is 2.09 bits per heavy atom. The van der Waals surface area contributed by atoms with E-state index in [4.69, 9.17) is 21.1 Å². The van der Waals surface area contributed by atoms with Crippen LogP contribution in [0.3, 0.4) is 0 Å². The fourth-order valence-corrected chi connectivity index (χ4v) is 3.97. The van der Waals surface area contributed by atoms with Crippen LogP contribution in [-0.2, 0) is 25.6 Å². The number of hydrogen-bond donors (Lipinski definition) is 0. The van der Waals surface area contributed by atoms with Crippen LogP contribution in [0.25, 0.3) is 5.57 Å². The number of carbonyl (C=O) groups excluding carboxylic acids is 2. The number of nitrogens with zero attached hydrogens (tertiary/aromatic N) is 2. The van der Waals surface area contributed by atoms with Gasteiger partial charge < -0.3 is 14.4 Å². The van der Waals surface area contributed by atoms with Gasteiger partial charge in [-0.15, -0.1) is 0 Å². The van der Waals surface area contributed by atoms with E-state index in [0.29, 0.717) is 42.6 Å². The number of amides is 2. The number of benzene rings is 2. The van der Waals surface area contributed by atoms with Crippen molar-refractivity contribution >= 4 is 29.0 Å². The maximum absolute atomic E-state index is 13.6. The Morgan fingerprint density at radius 2 is 1.53 bits per heavy atom. The molecule has 1 aliphatic heterocycles. The molecule has 6 nitrogen and oxygen atoms in total. The molecule has 170 valence electrons. The van der Waals surface area contributed by atoms with Gasteiger partial charge in [0.2, 0.25) is 0 Å². The van der Waals surface area contributed by atoms with Crippen LogP contribution in [-0.4, -0.2) is 62.1 Å². The number of halogens is 1. The molecule has 1 aliphatic rings. The first-order valence-electron chi connectivity index (χ1n) is 10.5. The quantitative estimate of drug-likeness (QED) is 0.508. The predicted octanol–water partition coefficient (Wildman–Crippen LogP) is 3.83. The van der Waals surface area contributed by atoms with E-state index in [2.05, 4.69) is 0 Å². The van der Waals surface area contributed by atoms with E-state index in [1.165, 1.54) is 4.90 Å². The monoisotopic (exact) mass is 456 g/mol. The minimum atomic E-state index is -0.313. The number of ether oxygens (including phenoxy) is 2. The van der Waals surface area contributed by atoms with E-state index in [9.17, 15) is 9.59 Å². The van der Waals surface area contributed by atoms with Gasteiger partial charge in [0, 0.05) is 32.3 Å². The van der Waals surface area contributed by atoms with Crippen molar-refractivity contribution in [1.29, 1.82) is 0 Å². The van der Waals surface area contributed by atoms with Crippen molar-refractivity contribution in [1.82, 2.24) is 9.80 Å². The highest BCUT2D eigenvalue weighted by Crippen LogP contribution is 2.34. The molecule has 0 fully saturated rings. The molecule has 0 unspecified atom stereocenters. The molecule has 0 N–H and O–H groups in total. The van der Waals surface area contributed by atoms with Gasteiger partial charge in [-0.05, 0) is 42.7 Å². The molecule has 0 bridgehead atoms. The molecule has 3 rings (SSSR count). The minimum Gasteiger partial charge on any atom is -0.383 e. The van der Waals surface area contributed by atoms with Crippen LogP contribution in [0.2, 0.25) is 5.02 Å². The fourth-order valence-electron chi connectivity index (χ4n) is 3.85. The largest absolute Gasteiger partial charge is 0.383 e. The number of carbonyl (C=O) groups is 2. The second-order valence-corrected chi connectivity index (χ2v) is 8.27. The Bertz CT molecular complexity index is 1010. The number of methoxy groups -OCH3 is 2. The molecule has 0 saturated carbocycles. The van der Waals surface area contributed by atoms with Gasteiger partial charge >= 0.3 is 0 Å². The SMILES string of the molecule is COCCN(CCOC)C1=C(c2ccc(C)cc2C)C(=O)N(Cc2ccc(Cl)cc2)C1=O. The van der Waals surface area contributed by atoms with Crippen LogP contribution >= 0.6 is 11.6 Å². The Balaban J connectivity index is 2.07. The predicted molar refractivity (Wildman–Crippen MR) is 125 cm³/mol. The van der Waals surface area contributed by atoms with Gasteiger partial charge in [-0.2, -0.15) is 0 Å². The summed E-state index contributed by atoms with van der Waals surface area (Å²) in [7, 11) is 3.23. The van der Waals surface area contributed by atoms with E-state index in [-0.39, 0.29) is 18.4 Å². The summed E-state index contributed by atoms with van der Waals surface area (Å²) in [5.74, 6) is -0.612. The van der Waals surface area contributed by atoms with Gasteiger partial charge in [-0.1, -0.05) is 47.5 Å². The number of rotatable bonds is 10. The van der Waals surface area contributed by atoms with E-state index >= 15 is 0 Å². The fraction of sp³-hybridized carbons (Fsp3) is 0.360. The van der Waals surface area contributed by atoms with Gasteiger partial charge in [0.15, 0.2) is 0 Å². The Kier molecular flexibility index (Phi) is 8.07. The highest BCUT2D eigenvalue weighted by Gasteiger charge is 2.41. The molecule has 0 aromatic heterocycles. The number of aryl methyl sites for hydroxylation is 2. The van der Waals surface area contributed by atoms with Crippen molar-refractivity contribution in [3.63, 3.8) is 0 Å². The molecule has 0 atom stereocenters. The van der Waals surface area contributed by atoms with E-state index < -0.39 is 0 Å². The van der Waals surface area contributed by atoms with Crippen LogP contribution in [0.4, 0.5) is 0 Å². The van der Waals surface area contributed by atoms with E-state index in [1.807, 2.05) is 49.1 Å². The lowest BCUT2D eigenvalue weighted by Gasteiger charge is -2.26. The van der Waals surface area contributed by atoms with Crippen molar-refractivity contribution in [3.05, 3.63) is 75.4 Å². The molecule has 2 amide bonds. The lowest BCUT2D eigenvalue weighted by Crippen LogP contribution is -2.37. The summed E-state index contributed by atoms with van der Waals surface area (Å²) in [6.45, 7) is 5.92. The summed E-state index contributed by atoms with van der Waals surface area (Å²) in [5.41, 5.74) is 4.46. The molecule has 0 saturated heterocycles. The first-order chi connectivity index (χ1) is 15.4. The highest BCUT2D eigenvalue weighted by molar-refractivity contribution is 6.35. The van der Waals surface area contributed by atoms with Gasteiger partial charge in [0.1, 0.15) is 5.70 Å². The van der Waals surface area contributed by atoms with Crippen LogP contribution in [0.1, 0.15) is 22.3 Å². The average Bonchev–Trinajstić information content (AvgIpc) is 3.00. The standard InChI is InChI=1S/C25H29ClN2O4/c1-17-5-10-21(18(2)15-17)22-23(27(11-13-31-3)12-14-32-4)25(30)28(24(22)29)16-19-6-8-20(26)9-7-19/h5-10,15H,11-14,16H2,1-4H3. The summed E-state index contributed by atoms with van der Waals surface area (Å²) in [5, 5.41) is 0.605. The second kappa shape index (κ2) is 10.8. The summed E-state index contributed by atoms with van der Waals surface area (Å²) in [6, 6.07) is 13.1. The first kappa shape index (κ1) is 24.0. The van der Waals surface area contributed by atoms with Crippen molar-refractivity contribution in [2.45, 2.75) is 20.4 Å². The molecule has 0 aliphatic carbocycles. The smallest absolute Gasteiger partial charge is 0.278 e. The van der Waals surface area contributed by atoms with Crippen molar-refractivity contribution in [2.75, 3.05) is 40.5 Å². The molecular weight excluding hydrogens is 428 g/mol. The highest BCUT2D eigenvalue weighted by atomic mass is 35.5. The third-order valence-corrected chi connectivity index (χ3v) is 5.75. The Labute approximate surface area is 194 Å². The molecule has 2 aromatic rings. The normalized spacial score (nSPS) is 14.0. The maximum Gasteiger partial charge on any atom is 0.278 e. The second-order valence-electron chi connectivity index (χ2n) is 7.84. The molecule has 2 aromatic carbocycles. The average molecular weight is 457 g/mol. The van der Waals surface area contributed by atoms with Crippen LogP contribution in [0, 0.1) is 13.8 Å². The van der Waals surface area contributed by atoms with Crippen LogP contribution in [0.5, 0.6) is 0 Å². The van der Waals surface area contributed by atoms with Crippen molar-refractivity contribution in [2.24, 2.45) is 0 Å². The van der Waals surface area contributed by atoms with Gasteiger partial charge in [-0.25, -0.2) is 0 Å². The van der Waals surface area contributed by atoms with Gasteiger partial charge in [0.05, 0.1) is 25.3 Å². The zero-order valence-corrected chi connectivity index (χ0v) is 19.7. The minimum absolute atomic E-state index is 0.176. The van der Waals surface area contributed by atoms with Gasteiger partial charge in [-0.3, -0.25) is 14.5 Å². The summed E-state index contributed by atoms with van der Waals surface area (Å²) < 4.78 is 10.5. The maximum atomic E-state index is 13.6. The topological polar surface area (TPSA) is 59.1 Å². The zero-order valence-electron chi connectivity index (χ0n) is 19.0. The van der Waals surface area contributed by atoms with Gasteiger partial charge in [0.25, 0.3) is 11.8 Å². The Morgan fingerprint density at radius 1 is 0.906 bits per heavy atom. The Hall–Kier alpha value is -2.67. The third kappa shape index (κ3) is 5.21. The zero-order chi connectivity index (χ0) is 23.3. The molecule has 7 heteroatoms. The van der Waals surface area contributed by atoms with Crippen LogP contribution in [0.15, 0.2) is 48.2 Å². The summed E-state index contributed by atoms with van der Waals surface area (Å²) in [4.78, 5) is 30.4. The number of hydrogen-bond acceptors (Lipinski definition) is 5. The van der Waals surface area contributed by atoms with E-state index in [0.717, 1.165) is 22.3 Å². The molecule has 0 radical (unpaired) electrons. The molecule has 32 heavy (non-hydrogen) atoms. The van der Waals surface area contributed by atoms with Crippen molar-refractivity contribution in [3.8, 4) is 0 Å². The lowest BCUT2D eigenvalue weighted by atomic mass is 9.97. The third-order valence-electron chi connectivity index (χ3n) is 5.50. The molecular formula is C25H29ClN2O4. The summed E-state index contributed by atoms with van der Waals surface area (Å²) >= 11 is 5.99. The first-order valence-corrected chi connectivity index (χ1v) is 10.9. The molecule has 1 heterocycles. The van der Waals surface area contributed by atoms with E-state index in [1.54, 1.807) is 26.4 Å². The van der Waals surface area contributed by atoms with Crippen molar-refractivity contribution < 1.29 is 19.1 Å².